The molecule has 0 atom stereocenters. The Kier molecular flexibility index (Phi) is 5.20. The summed E-state index contributed by atoms with van der Waals surface area (Å²) in [7, 11) is 0. The van der Waals surface area contributed by atoms with Crippen molar-refractivity contribution < 1.29 is 9.59 Å². The van der Waals surface area contributed by atoms with E-state index in [0.29, 0.717) is 10.6 Å². The van der Waals surface area contributed by atoms with Crippen LogP contribution in [0.1, 0.15) is 28.8 Å². The van der Waals surface area contributed by atoms with Gasteiger partial charge in [-0.2, -0.15) is 0 Å². The third-order valence-corrected chi connectivity index (χ3v) is 3.84. The minimum absolute atomic E-state index is 0.0329. The number of piperidine rings is 1. The number of primary amides is 1. The van der Waals surface area contributed by atoms with E-state index in [-0.39, 0.29) is 18.5 Å². The predicted molar refractivity (Wildman–Crippen MR) is 82.3 cm³/mol. The van der Waals surface area contributed by atoms with Crippen LogP contribution in [0.25, 0.3) is 0 Å². The highest BCUT2D eigenvalue weighted by molar-refractivity contribution is 6.31. The molecule has 1 aliphatic rings. The van der Waals surface area contributed by atoms with E-state index >= 15 is 0 Å². The first-order valence-corrected chi connectivity index (χ1v) is 7.42. The lowest BCUT2D eigenvalue weighted by Crippen LogP contribution is -2.49. The van der Waals surface area contributed by atoms with Crippen molar-refractivity contribution in [3.05, 3.63) is 34.3 Å². The highest BCUT2D eigenvalue weighted by atomic mass is 35.5. The molecule has 0 radical (unpaired) electrons. The molecule has 0 unspecified atom stereocenters. The van der Waals surface area contributed by atoms with Gasteiger partial charge in [-0.3, -0.25) is 9.59 Å². The van der Waals surface area contributed by atoms with Crippen LogP contribution in [-0.4, -0.2) is 42.4 Å². The van der Waals surface area contributed by atoms with E-state index in [1.54, 1.807) is 23.1 Å². The number of carbonyl (C=O) groups excluding carboxylic acids is 2. The molecule has 2 amide bonds. The van der Waals surface area contributed by atoms with E-state index in [4.69, 9.17) is 17.3 Å². The minimum atomic E-state index is -0.499. The van der Waals surface area contributed by atoms with Crippen LogP contribution in [0.4, 0.5) is 0 Å². The molecule has 1 fully saturated rings. The lowest BCUT2D eigenvalue weighted by molar-refractivity contribution is -0.119. The first-order chi connectivity index (χ1) is 9.97. The normalized spacial score (nSPS) is 15.7. The standard InChI is InChI=1S/C15H20ClN3O2/c1-10-6-11(8-12(16)7-10)15(21)19(9-14(17)20)13-2-4-18-5-3-13/h6-8,13,18H,2-5,9H2,1H3,(H2,17,20). The average Bonchev–Trinajstić information content (AvgIpc) is 2.44. The van der Waals surface area contributed by atoms with Gasteiger partial charge in [0.2, 0.25) is 5.91 Å². The lowest BCUT2D eigenvalue weighted by Gasteiger charge is -2.34. The first kappa shape index (κ1) is 15.8. The van der Waals surface area contributed by atoms with Crippen LogP contribution >= 0.6 is 11.6 Å². The van der Waals surface area contributed by atoms with Gasteiger partial charge in [0.15, 0.2) is 0 Å². The fourth-order valence-corrected chi connectivity index (χ4v) is 2.97. The van der Waals surface area contributed by atoms with Crippen LogP contribution in [0.2, 0.25) is 5.02 Å². The molecule has 114 valence electrons. The zero-order valence-electron chi connectivity index (χ0n) is 12.1. The van der Waals surface area contributed by atoms with Gasteiger partial charge in [-0.15, -0.1) is 0 Å². The van der Waals surface area contributed by atoms with E-state index in [1.165, 1.54) is 0 Å². The highest BCUT2D eigenvalue weighted by Gasteiger charge is 2.27. The molecule has 0 aromatic heterocycles. The van der Waals surface area contributed by atoms with Crippen molar-refractivity contribution in [1.82, 2.24) is 10.2 Å². The largest absolute Gasteiger partial charge is 0.368 e. The second kappa shape index (κ2) is 6.91. The average molecular weight is 310 g/mol. The highest BCUT2D eigenvalue weighted by Crippen LogP contribution is 2.19. The van der Waals surface area contributed by atoms with E-state index in [2.05, 4.69) is 5.32 Å². The first-order valence-electron chi connectivity index (χ1n) is 7.04. The molecule has 1 heterocycles. The van der Waals surface area contributed by atoms with Crippen LogP contribution in [0.15, 0.2) is 18.2 Å². The SMILES string of the molecule is Cc1cc(Cl)cc(C(=O)N(CC(N)=O)C2CCNCC2)c1. The van der Waals surface area contributed by atoms with Gasteiger partial charge in [-0.05, 0) is 56.6 Å². The molecule has 5 nitrogen and oxygen atoms in total. The Balaban J connectivity index is 2.25. The number of nitrogens with two attached hydrogens (primary N) is 1. The third kappa shape index (κ3) is 4.19. The lowest BCUT2D eigenvalue weighted by atomic mass is 10.0. The van der Waals surface area contributed by atoms with E-state index in [9.17, 15) is 9.59 Å². The maximum Gasteiger partial charge on any atom is 0.254 e. The van der Waals surface area contributed by atoms with Crippen molar-refractivity contribution in [2.75, 3.05) is 19.6 Å². The van der Waals surface area contributed by atoms with Gasteiger partial charge in [-0.25, -0.2) is 0 Å². The number of amides is 2. The summed E-state index contributed by atoms with van der Waals surface area (Å²) in [6.45, 7) is 3.49. The van der Waals surface area contributed by atoms with Crippen molar-refractivity contribution in [3.63, 3.8) is 0 Å². The zero-order chi connectivity index (χ0) is 15.4. The Morgan fingerprint density at radius 3 is 2.57 bits per heavy atom. The van der Waals surface area contributed by atoms with Crippen LogP contribution in [-0.2, 0) is 4.79 Å². The molecular formula is C15H20ClN3O2. The topological polar surface area (TPSA) is 75.4 Å². The Bertz CT molecular complexity index is 521. The third-order valence-electron chi connectivity index (χ3n) is 3.63. The fourth-order valence-electron chi connectivity index (χ4n) is 2.68. The molecule has 0 bridgehead atoms. The Morgan fingerprint density at radius 1 is 1.33 bits per heavy atom. The van der Waals surface area contributed by atoms with Crippen molar-refractivity contribution in [1.29, 1.82) is 0 Å². The number of carbonyl (C=O) groups is 2. The van der Waals surface area contributed by atoms with Crippen LogP contribution < -0.4 is 11.1 Å². The summed E-state index contributed by atoms with van der Waals surface area (Å²) in [6.07, 6.45) is 1.64. The molecule has 6 heteroatoms. The number of rotatable bonds is 4. The summed E-state index contributed by atoms with van der Waals surface area (Å²) >= 11 is 6.02. The molecule has 1 aliphatic heterocycles. The number of nitrogens with zero attached hydrogens (tertiary/aromatic N) is 1. The second-order valence-corrected chi connectivity index (χ2v) is 5.83. The van der Waals surface area contributed by atoms with Crippen LogP contribution in [0.3, 0.4) is 0 Å². The van der Waals surface area contributed by atoms with Crippen molar-refractivity contribution in [2.45, 2.75) is 25.8 Å². The Labute approximate surface area is 129 Å². The van der Waals surface area contributed by atoms with Gasteiger partial charge in [0.1, 0.15) is 0 Å². The quantitative estimate of drug-likeness (QED) is 0.881. The van der Waals surface area contributed by atoms with Gasteiger partial charge >= 0.3 is 0 Å². The number of hydrogen-bond acceptors (Lipinski definition) is 3. The van der Waals surface area contributed by atoms with Gasteiger partial charge in [0, 0.05) is 16.6 Å². The van der Waals surface area contributed by atoms with Crippen LogP contribution in [0, 0.1) is 6.92 Å². The maximum atomic E-state index is 12.7. The predicted octanol–water partition coefficient (Wildman–Crippen LogP) is 1.33. The number of nitrogens with one attached hydrogen (secondary N) is 1. The summed E-state index contributed by atoms with van der Waals surface area (Å²) in [6, 6.07) is 5.24. The van der Waals surface area contributed by atoms with Crippen LogP contribution in [0.5, 0.6) is 0 Å². The van der Waals surface area contributed by atoms with E-state index < -0.39 is 5.91 Å². The Morgan fingerprint density at radius 2 is 2.00 bits per heavy atom. The van der Waals surface area contributed by atoms with E-state index in [1.807, 2.05) is 6.92 Å². The molecule has 1 saturated heterocycles. The second-order valence-electron chi connectivity index (χ2n) is 5.40. The summed E-state index contributed by atoms with van der Waals surface area (Å²) in [5.74, 6) is -0.688. The summed E-state index contributed by atoms with van der Waals surface area (Å²) in [5, 5.41) is 3.76. The summed E-state index contributed by atoms with van der Waals surface area (Å²) < 4.78 is 0. The number of hydrogen-bond donors (Lipinski definition) is 2. The molecular weight excluding hydrogens is 290 g/mol. The minimum Gasteiger partial charge on any atom is -0.368 e. The summed E-state index contributed by atoms with van der Waals surface area (Å²) in [5.41, 5.74) is 6.71. The fraction of sp³-hybridized carbons (Fsp3) is 0.467. The molecule has 0 aliphatic carbocycles. The van der Waals surface area contributed by atoms with Crippen molar-refractivity contribution >= 4 is 23.4 Å². The van der Waals surface area contributed by atoms with Gasteiger partial charge in [0.25, 0.3) is 5.91 Å². The Hall–Kier alpha value is -1.59. The van der Waals surface area contributed by atoms with Gasteiger partial charge in [0.05, 0.1) is 6.54 Å². The molecule has 0 saturated carbocycles. The summed E-state index contributed by atoms with van der Waals surface area (Å²) in [4.78, 5) is 25.6. The molecule has 1 aromatic carbocycles. The van der Waals surface area contributed by atoms with Crippen molar-refractivity contribution in [2.24, 2.45) is 5.73 Å². The van der Waals surface area contributed by atoms with Crippen molar-refractivity contribution in [3.8, 4) is 0 Å². The molecule has 2 rings (SSSR count). The maximum absolute atomic E-state index is 12.7. The molecule has 0 spiro atoms. The van der Waals surface area contributed by atoms with Gasteiger partial charge in [-0.1, -0.05) is 11.6 Å². The molecule has 3 N–H and O–H groups in total. The number of benzene rings is 1. The van der Waals surface area contributed by atoms with Gasteiger partial charge < -0.3 is 16.0 Å². The number of halogens is 1. The smallest absolute Gasteiger partial charge is 0.254 e. The monoisotopic (exact) mass is 309 g/mol. The molecule has 1 aromatic rings. The van der Waals surface area contributed by atoms with E-state index in [0.717, 1.165) is 31.5 Å². The zero-order valence-corrected chi connectivity index (χ0v) is 12.8. The number of aryl methyl sites for hydroxylation is 1. The molecule has 21 heavy (non-hydrogen) atoms.